The second-order valence-corrected chi connectivity index (χ2v) is 4.25. The first kappa shape index (κ1) is 13.0. The first-order valence-corrected chi connectivity index (χ1v) is 5.84. The quantitative estimate of drug-likeness (QED) is 0.805. The zero-order valence-electron chi connectivity index (χ0n) is 10.1. The monoisotopic (exact) mass is 224 g/mol. The highest BCUT2D eigenvalue weighted by Gasteiger charge is 2.09. The van der Waals surface area contributed by atoms with Crippen LogP contribution in [0.5, 0.6) is 0 Å². The number of hydrogen-bond acceptors (Lipinski definition) is 2. The zero-order valence-corrected chi connectivity index (χ0v) is 10.1. The molecular formula is C13H21FN2. The molecule has 0 spiro atoms. The summed E-state index contributed by atoms with van der Waals surface area (Å²) in [7, 11) is 2.02. The molecule has 0 aliphatic heterocycles. The smallest absolute Gasteiger partial charge is 0.123 e. The van der Waals surface area contributed by atoms with Gasteiger partial charge in [0.1, 0.15) is 5.82 Å². The molecule has 2 N–H and O–H groups in total. The number of anilines is 1. The molecule has 0 saturated heterocycles. The lowest BCUT2D eigenvalue weighted by Gasteiger charge is -2.24. The van der Waals surface area contributed by atoms with Crippen molar-refractivity contribution in [3.05, 3.63) is 30.1 Å². The molecule has 0 radical (unpaired) electrons. The van der Waals surface area contributed by atoms with Crippen molar-refractivity contribution >= 4 is 5.69 Å². The standard InChI is InChI=1S/C13H21FN2/c1-3-4-11(9-15)10-16(2)13-7-5-12(14)6-8-13/h5-8,11H,3-4,9-10,15H2,1-2H3. The number of rotatable bonds is 6. The molecule has 1 aromatic rings. The van der Waals surface area contributed by atoms with Gasteiger partial charge in [-0.05, 0) is 43.1 Å². The lowest BCUT2D eigenvalue weighted by molar-refractivity contribution is 0.491. The van der Waals surface area contributed by atoms with E-state index in [1.54, 1.807) is 12.1 Å². The maximum absolute atomic E-state index is 12.8. The summed E-state index contributed by atoms with van der Waals surface area (Å²) in [5.41, 5.74) is 6.76. The molecule has 2 nitrogen and oxygen atoms in total. The average Bonchev–Trinajstić information content (AvgIpc) is 2.29. The van der Waals surface area contributed by atoms with Crippen LogP contribution in [0.1, 0.15) is 19.8 Å². The van der Waals surface area contributed by atoms with Crippen LogP contribution in [-0.4, -0.2) is 20.1 Å². The van der Waals surface area contributed by atoms with Crippen molar-refractivity contribution in [3.63, 3.8) is 0 Å². The molecular weight excluding hydrogens is 203 g/mol. The van der Waals surface area contributed by atoms with E-state index in [4.69, 9.17) is 5.73 Å². The van der Waals surface area contributed by atoms with Gasteiger partial charge in [-0.25, -0.2) is 4.39 Å². The summed E-state index contributed by atoms with van der Waals surface area (Å²) >= 11 is 0. The van der Waals surface area contributed by atoms with Gasteiger partial charge < -0.3 is 10.6 Å². The number of nitrogens with two attached hydrogens (primary N) is 1. The van der Waals surface area contributed by atoms with E-state index in [1.165, 1.54) is 12.1 Å². The van der Waals surface area contributed by atoms with Gasteiger partial charge in [0.2, 0.25) is 0 Å². The first-order valence-electron chi connectivity index (χ1n) is 5.84. The Morgan fingerprint density at radius 2 is 1.94 bits per heavy atom. The Hall–Kier alpha value is -1.09. The molecule has 90 valence electrons. The van der Waals surface area contributed by atoms with Gasteiger partial charge in [0, 0.05) is 19.3 Å². The Labute approximate surface area is 97.3 Å². The molecule has 0 fully saturated rings. The topological polar surface area (TPSA) is 29.3 Å². The molecule has 0 aliphatic rings. The summed E-state index contributed by atoms with van der Waals surface area (Å²) in [6, 6.07) is 6.58. The predicted octanol–water partition coefficient (Wildman–Crippen LogP) is 2.64. The number of halogens is 1. The molecule has 0 saturated carbocycles. The first-order chi connectivity index (χ1) is 7.67. The minimum absolute atomic E-state index is 0.193. The van der Waals surface area contributed by atoms with E-state index < -0.39 is 0 Å². The van der Waals surface area contributed by atoms with E-state index in [0.717, 1.165) is 25.1 Å². The molecule has 0 aliphatic carbocycles. The lowest BCUT2D eigenvalue weighted by Crippen LogP contribution is -2.30. The Kier molecular flexibility index (Phi) is 5.26. The van der Waals surface area contributed by atoms with E-state index >= 15 is 0 Å². The summed E-state index contributed by atoms with van der Waals surface area (Å²) in [5, 5.41) is 0. The van der Waals surface area contributed by atoms with Crippen LogP contribution < -0.4 is 10.6 Å². The summed E-state index contributed by atoms with van der Waals surface area (Å²) in [6.45, 7) is 3.80. The van der Waals surface area contributed by atoms with Gasteiger partial charge in [0.25, 0.3) is 0 Å². The van der Waals surface area contributed by atoms with Crippen LogP contribution in [0.2, 0.25) is 0 Å². The van der Waals surface area contributed by atoms with Crippen LogP contribution in [0.25, 0.3) is 0 Å². The van der Waals surface area contributed by atoms with Crippen molar-refractivity contribution < 1.29 is 4.39 Å². The zero-order chi connectivity index (χ0) is 12.0. The molecule has 0 aromatic heterocycles. The van der Waals surface area contributed by atoms with E-state index in [-0.39, 0.29) is 5.82 Å². The number of nitrogens with zero attached hydrogens (tertiary/aromatic N) is 1. The molecule has 0 heterocycles. The predicted molar refractivity (Wildman–Crippen MR) is 67.1 cm³/mol. The van der Waals surface area contributed by atoms with Crippen molar-refractivity contribution in [2.45, 2.75) is 19.8 Å². The molecule has 1 aromatic carbocycles. The lowest BCUT2D eigenvalue weighted by atomic mass is 10.0. The minimum Gasteiger partial charge on any atom is -0.374 e. The highest BCUT2D eigenvalue weighted by molar-refractivity contribution is 5.45. The van der Waals surface area contributed by atoms with E-state index in [2.05, 4.69) is 11.8 Å². The summed E-state index contributed by atoms with van der Waals surface area (Å²) in [6.07, 6.45) is 2.29. The molecule has 16 heavy (non-hydrogen) atoms. The second-order valence-electron chi connectivity index (χ2n) is 4.25. The van der Waals surface area contributed by atoms with Gasteiger partial charge in [-0.1, -0.05) is 13.3 Å². The summed E-state index contributed by atoms with van der Waals surface area (Å²) < 4.78 is 12.8. The third-order valence-corrected chi connectivity index (χ3v) is 2.83. The van der Waals surface area contributed by atoms with Gasteiger partial charge in [0.15, 0.2) is 0 Å². The third-order valence-electron chi connectivity index (χ3n) is 2.83. The molecule has 3 heteroatoms. The van der Waals surface area contributed by atoms with Crippen LogP contribution in [-0.2, 0) is 0 Å². The van der Waals surface area contributed by atoms with E-state index in [9.17, 15) is 4.39 Å². The van der Waals surface area contributed by atoms with Crippen molar-refractivity contribution in [1.29, 1.82) is 0 Å². The molecule has 0 amide bonds. The fourth-order valence-electron chi connectivity index (χ4n) is 1.88. The Morgan fingerprint density at radius 1 is 1.31 bits per heavy atom. The molecule has 1 rings (SSSR count). The fourth-order valence-corrected chi connectivity index (χ4v) is 1.88. The fraction of sp³-hybridized carbons (Fsp3) is 0.538. The van der Waals surface area contributed by atoms with Crippen LogP contribution in [0.3, 0.4) is 0 Å². The van der Waals surface area contributed by atoms with Crippen LogP contribution >= 0.6 is 0 Å². The van der Waals surface area contributed by atoms with Gasteiger partial charge in [0.05, 0.1) is 0 Å². The number of benzene rings is 1. The molecule has 1 unspecified atom stereocenters. The van der Waals surface area contributed by atoms with Gasteiger partial charge >= 0.3 is 0 Å². The van der Waals surface area contributed by atoms with Crippen molar-refractivity contribution in [3.8, 4) is 0 Å². The largest absolute Gasteiger partial charge is 0.374 e. The second kappa shape index (κ2) is 6.48. The maximum Gasteiger partial charge on any atom is 0.123 e. The maximum atomic E-state index is 12.8. The highest BCUT2D eigenvalue weighted by Crippen LogP contribution is 2.16. The summed E-state index contributed by atoms with van der Waals surface area (Å²) in [4.78, 5) is 2.13. The Bertz CT molecular complexity index is 297. The minimum atomic E-state index is -0.193. The summed E-state index contributed by atoms with van der Waals surface area (Å²) in [5.74, 6) is 0.320. The van der Waals surface area contributed by atoms with Crippen molar-refractivity contribution in [2.75, 3.05) is 25.0 Å². The van der Waals surface area contributed by atoms with Crippen LogP contribution in [0.15, 0.2) is 24.3 Å². The van der Waals surface area contributed by atoms with E-state index in [0.29, 0.717) is 12.5 Å². The normalized spacial score (nSPS) is 12.5. The Morgan fingerprint density at radius 3 is 2.44 bits per heavy atom. The molecule has 0 bridgehead atoms. The molecule has 1 atom stereocenters. The van der Waals surface area contributed by atoms with Crippen LogP contribution in [0.4, 0.5) is 10.1 Å². The Balaban J connectivity index is 2.56. The van der Waals surface area contributed by atoms with Gasteiger partial charge in [-0.15, -0.1) is 0 Å². The highest BCUT2D eigenvalue weighted by atomic mass is 19.1. The third kappa shape index (κ3) is 3.81. The van der Waals surface area contributed by atoms with Gasteiger partial charge in [-0.2, -0.15) is 0 Å². The van der Waals surface area contributed by atoms with Crippen LogP contribution in [0, 0.1) is 11.7 Å². The van der Waals surface area contributed by atoms with Gasteiger partial charge in [-0.3, -0.25) is 0 Å². The number of hydrogen-bond donors (Lipinski definition) is 1. The van der Waals surface area contributed by atoms with E-state index in [1.807, 2.05) is 7.05 Å². The average molecular weight is 224 g/mol. The van der Waals surface area contributed by atoms with Crippen molar-refractivity contribution in [2.24, 2.45) is 11.7 Å². The SMILES string of the molecule is CCCC(CN)CN(C)c1ccc(F)cc1. The van der Waals surface area contributed by atoms with Crippen molar-refractivity contribution in [1.82, 2.24) is 0 Å².